The van der Waals surface area contributed by atoms with E-state index in [0.717, 1.165) is 22.0 Å². The molecule has 1 heterocycles. The Labute approximate surface area is 156 Å². The highest BCUT2D eigenvalue weighted by Crippen LogP contribution is 2.36. The van der Waals surface area contributed by atoms with Crippen LogP contribution < -0.4 is 14.8 Å². The number of fused-ring (bicyclic) bond motifs is 1. The lowest BCUT2D eigenvalue weighted by atomic mass is 9.84. The fourth-order valence-electron chi connectivity index (χ4n) is 2.62. The third kappa shape index (κ3) is 3.88. The third-order valence-electron chi connectivity index (χ3n) is 4.26. The largest absolute Gasteiger partial charge is 0.454 e. The number of amides is 1. The van der Waals surface area contributed by atoms with E-state index in [1.165, 1.54) is 0 Å². The monoisotopic (exact) mass is 377 g/mol. The summed E-state index contributed by atoms with van der Waals surface area (Å²) in [5.41, 5.74) is 1.30. The Bertz CT molecular complexity index is 807. The number of ether oxygens (including phenoxy) is 2. The molecule has 0 fully saturated rings. The van der Waals surface area contributed by atoms with Crippen LogP contribution in [0.1, 0.15) is 29.8 Å². The van der Waals surface area contributed by atoms with E-state index >= 15 is 0 Å². The number of carbonyl (C=O) groups is 1. The average Bonchev–Trinajstić information content (AvgIpc) is 3.08. The molecule has 1 amide bonds. The molecule has 132 valence electrons. The number of hydrogen-bond acceptors (Lipinski definition) is 4. The molecule has 0 saturated heterocycles. The van der Waals surface area contributed by atoms with Crippen molar-refractivity contribution >= 4 is 29.3 Å². The molecule has 6 heteroatoms. The van der Waals surface area contributed by atoms with Gasteiger partial charge in [-0.1, -0.05) is 31.5 Å². The van der Waals surface area contributed by atoms with Gasteiger partial charge in [-0.05, 0) is 42.2 Å². The second-order valence-electron chi connectivity index (χ2n) is 6.48. The highest BCUT2D eigenvalue weighted by molar-refractivity contribution is 7.98. The zero-order chi connectivity index (χ0) is 18.0. The van der Waals surface area contributed by atoms with Crippen LogP contribution in [0.15, 0.2) is 41.3 Å². The summed E-state index contributed by atoms with van der Waals surface area (Å²) in [5.74, 6) is 1.33. The molecule has 2 aromatic carbocycles. The quantitative estimate of drug-likeness (QED) is 0.779. The molecule has 0 atom stereocenters. The summed E-state index contributed by atoms with van der Waals surface area (Å²) in [6, 6.07) is 11.3. The molecular weight excluding hydrogens is 358 g/mol. The van der Waals surface area contributed by atoms with Crippen molar-refractivity contribution in [1.82, 2.24) is 5.32 Å². The smallest absolute Gasteiger partial charge is 0.252 e. The Morgan fingerprint density at radius 1 is 1.20 bits per heavy atom. The fourth-order valence-corrected chi connectivity index (χ4v) is 3.26. The zero-order valence-corrected chi connectivity index (χ0v) is 16.0. The molecule has 2 aromatic rings. The van der Waals surface area contributed by atoms with Gasteiger partial charge in [0.1, 0.15) is 0 Å². The van der Waals surface area contributed by atoms with Gasteiger partial charge in [-0.25, -0.2) is 0 Å². The molecule has 0 radical (unpaired) electrons. The van der Waals surface area contributed by atoms with Gasteiger partial charge >= 0.3 is 0 Å². The standard InChI is InChI=1S/C19H20ClNO3S/c1-19(2,12-4-7-16-17(8-12)24-11-23-16)10-21-18(22)14-9-13(25-3)5-6-15(14)20/h4-9H,10-11H2,1-3H3,(H,21,22). The molecule has 1 aliphatic rings. The minimum absolute atomic E-state index is 0.172. The van der Waals surface area contributed by atoms with E-state index in [0.29, 0.717) is 17.1 Å². The van der Waals surface area contributed by atoms with Crippen LogP contribution in [0, 0.1) is 0 Å². The minimum atomic E-state index is -0.264. The van der Waals surface area contributed by atoms with Crippen LogP contribution in [0.3, 0.4) is 0 Å². The molecule has 0 aromatic heterocycles. The van der Waals surface area contributed by atoms with E-state index in [4.69, 9.17) is 21.1 Å². The Hall–Kier alpha value is -1.85. The van der Waals surface area contributed by atoms with Crippen molar-refractivity contribution in [3.63, 3.8) is 0 Å². The molecule has 0 spiro atoms. The Kier molecular flexibility index (Phi) is 5.16. The topological polar surface area (TPSA) is 47.6 Å². The summed E-state index contributed by atoms with van der Waals surface area (Å²) in [4.78, 5) is 13.6. The summed E-state index contributed by atoms with van der Waals surface area (Å²) in [6.07, 6.45) is 1.97. The van der Waals surface area contributed by atoms with Crippen LogP contribution in [-0.4, -0.2) is 25.5 Å². The maximum absolute atomic E-state index is 12.5. The van der Waals surface area contributed by atoms with Gasteiger partial charge in [0.2, 0.25) is 6.79 Å². The minimum Gasteiger partial charge on any atom is -0.454 e. The van der Waals surface area contributed by atoms with Gasteiger partial charge < -0.3 is 14.8 Å². The molecule has 0 unspecified atom stereocenters. The van der Waals surface area contributed by atoms with Crippen molar-refractivity contribution in [2.75, 3.05) is 19.6 Å². The maximum Gasteiger partial charge on any atom is 0.252 e. The predicted molar refractivity (Wildman–Crippen MR) is 101 cm³/mol. The molecule has 0 bridgehead atoms. The van der Waals surface area contributed by atoms with Gasteiger partial charge in [-0.2, -0.15) is 0 Å². The van der Waals surface area contributed by atoms with Gasteiger partial charge in [0.15, 0.2) is 11.5 Å². The van der Waals surface area contributed by atoms with Crippen LogP contribution in [0.2, 0.25) is 5.02 Å². The maximum atomic E-state index is 12.5. The molecule has 1 N–H and O–H groups in total. The Balaban J connectivity index is 1.72. The molecule has 1 aliphatic heterocycles. The molecule has 25 heavy (non-hydrogen) atoms. The molecule has 3 rings (SSSR count). The van der Waals surface area contributed by atoms with Gasteiger partial charge in [0.05, 0.1) is 10.6 Å². The van der Waals surface area contributed by atoms with E-state index in [1.54, 1.807) is 17.8 Å². The number of nitrogens with one attached hydrogen (secondary N) is 1. The molecule has 4 nitrogen and oxygen atoms in total. The zero-order valence-electron chi connectivity index (χ0n) is 14.4. The number of benzene rings is 2. The number of hydrogen-bond donors (Lipinski definition) is 1. The van der Waals surface area contributed by atoms with E-state index in [-0.39, 0.29) is 18.1 Å². The predicted octanol–water partition coefficient (Wildman–Crippen LogP) is 4.50. The molecule has 0 aliphatic carbocycles. The van der Waals surface area contributed by atoms with Crippen molar-refractivity contribution in [2.45, 2.75) is 24.2 Å². The first-order chi connectivity index (χ1) is 11.9. The molecule has 0 saturated carbocycles. The van der Waals surface area contributed by atoms with Gasteiger partial charge in [0, 0.05) is 16.9 Å². The van der Waals surface area contributed by atoms with Gasteiger partial charge in [-0.15, -0.1) is 11.8 Å². The van der Waals surface area contributed by atoms with Crippen molar-refractivity contribution < 1.29 is 14.3 Å². The number of rotatable bonds is 5. The summed E-state index contributed by atoms with van der Waals surface area (Å²) in [6.45, 7) is 4.88. The lowest BCUT2D eigenvalue weighted by Gasteiger charge is -2.26. The van der Waals surface area contributed by atoms with Crippen LogP contribution in [0.4, 0.5) is 0 Å². The SMILES string of the molecule is CSc1ccc(Cl)c(C(=O)NCC(C)(C)c2ccc3c(c2)OCO3)c1. The first kappa shape index (κ1) is 18.0. The van der Waals surface area contributed by atoms with Gasteiger partial charge in [0.25, 0.3) is 5.91 Å². The summed E-state index contributed by atoms with van der Waals surface area (Å²) < 4.78 is 10.8. The highest BCUT2D eigenvalue weighted by Gasteiger charge is 2.25. The van der Waals surface area contributed by atoms with Crippen molar-refractivity contribution in [2.24, 2.45) is 0 Å². The first-order valence-electron chi connectivity index (χ1n) is 7.92. The van der Waals surface area contributed by atoms with Crippen molar-refractivity contribution in [3.05, 3.63) is 52.5 Å². The summed E-state index contributed by atoms with van der Waals surface area (Å²) in [7, 11) is 0. The normalized spacial score (nSPS) is 13.0. The van der Waals surface area contributed by atoms with Crippen LogP contribution in [0.5, 0.6) is 11.5 Å². The average molecular weight is 378 g/mol. The number of thioether (sulfide) groups is 1. The lowest BCUT2D eigenvalue weighted by molar-refractivity contribution is 0.0945. The number of halogens is 1. The Morgan fingerprint density at radius 3 is 2.72 bits per heavy atom. The van der Waals surface area contributed by atoms with Gasteiger partial charge in [-0.3, -0.25) is 4.79 Å². The second-order valence-corrected chi connectivity index (χ2v) is 7.77. The first-order valence-corrected chi connectivity index (χ1v) is 9.53. The van der Waals surface area contributed by atoms with Crippen LogP contribution in [-0.2, 0) is 5.41 Å². The molecular formula is C19H20ClNO3S. The van der Waals surface area contributed by atoms with Crippen LogP contribution >= 0.6 is 23.4 Å². The van der Waals surface area contributed by atoms with E-state index in [2.05, 4.69) is 19.2 Å². The second kappa shape index (κ2) is 7.18. The summed E-state index contributed by atoms with van der Waals surface area (Å²) in [5, 5.41) is 3.45. The third-order valence-corrected chi connectivity index (χ3v) is 5.32. The fraction of sp³-hybridized carbons (Fsp3) is 0.316. The lowest BCUT2D eigenvalue weighted by Crippen LogP contribution is -2.36. The van der Waals surface area contributed by atoms with Crippen molar-refractivity contribution in [1.29, 1.82) is 0 Å². The van der Waals surface area contributed by atoms with E-state index in [9.17, 15) is 4.79 Å². The number of carbonyl (C=O) groups excluding carboxylic acids is 1. The highest BCUT2D eigenvalue weighted by atomic mass is 35.5. The Morgan fingerprint density at radius 2 is 1.96 bits per heavy atom. The van der Waals surface area contributed by atoms with Crippen molar-refractivity contribution in [3.8, 4) is 11.5 Å². The summed E-state index contributed by atoms with van der Waals surface area (Å²) >= 11 is 7.76. The van der Waals surface area contributed by atoms with E-state index < -0.39 is 0 Å². The van der Waals surface area contributed by atoms with Crippen LogP contribution in [0.25, 0.3) is 0 Å². The van der Waals surface area contributed by atoms with E-state index in [1.807, 2.05) is 36.6 Å².